The van der Waals surface area contributed by atoms with Crippen LogP contribution in [0.5, 0.6) is 0 Å². The van der Waals surface area contributed by atoms with Gasteiger partial charge < -0.3 is 15.0 Å². The lowest BCUT2D eigenvalue weighted by Gasteiger charge is -2.20. The Morgan fingerprint density at radius 3 is 2.46 bits per heavy atom. The fourth-order valence-corrected chi connectivity index (χ4v) is 2.27. The van der Waals surface area contributed by atoms with Crippen LogP contribution in [0.15, 0.2) is 36.4 Å². The Bertz CT molecular complexity index is 643. The molecule has 1 rings (SSSR count). The van der Waals surface area contributed by atoms with Gasteiger partial charge in [-0.05, 0) is 44.5 Å². The number of nitrogens with zero attached hydrogens (tertiary/aromatic N) is 1. The monoisotopic (exact) mass is 380 g/mol. The number of carbonyl (C=O) groups is 3. The highest BCUT2D eigenvalue weighted by atomic mass is 35.5. The third kappa shape index (κ3) is 8.16. The summed E-state index contributed by atoms with van der Waals surface area (Å²) < 4.78 is 4.99. The van der Waals surface area contributed by atoms with Crippen LogP contribution in [0.2, 0.25) is 5.02 Å². The van der Waals surface area contributed by atoms with Crippen LogP contribution in [0.25, 0.3) is 0 Å². The average molecular weight is 381 g/mol. The molecule has 0 aliphatic carbocycles. The van der Waals surface area contributed by atoms with Gasteiger partial charge in [0.2, 0.25) is 0 Å². The lowest BCUT2D eigenvalue weighted by molar-refractivity contribution is -0.151. The highest BCUT2D eigenvalue weighted by Crippen LogP contribution is 2.09. The van der Waals surface area contributed by atoms with E-state index >= 15 is 0 Å². The largest absolute Gasteiger partial charge is 0.456 e. The van der Waals surface area contributed by atoms with Gasteiger partial charge in [-0.2, -0.15) is 0 Å². The second-order valence-corrected chi connectivity index (χ2v) is 6.33. The summed E-state index contributed by atoms with van der Waals surface area (Å²) in [6, 6.07) is 6.53. The van der Waals surface area contributed by atoms with Crippen LogP contribution in [0.1, 0.15) is 37.0 Å². The van der Waals surface area contributed by atoms with Crippen LogP contribution in [-0.4, -0.2) is 48.9 Å². The predicted octanol–water partition coefficient (Wildman–Crippen LogP) is 2.82. The first-order valence-corrected chi connectivity index (χ1v) is 8.82. The number of rotatable bonds is 10. The van der Waals surface area contributed by atoms with Gasteiger partial charge in [-0.3, -0.25) is 14.4 Å². The molecule has 0 bridgehead atoms. The summed E-state index contributed by atoms with van der Waals surface area (Å²) in [6.07, 6.45) is 0.552. The Labute approximate surface area is 159 Å². The molecule has 0 spiro atoms. The standard InChI is InChI=1S/C19H25ClN2O4/c1-4-22(12-14(2)3)17(23)13-26-18(24)6-5-11-21-19(25)15-7-9-16(20)10-8-15/h7-10H,2,4-6,11-13H2,1,3H3,(H,21,25). The maximum absolute atomic E-state index is 12.0. The number of hydrogen-bond acceptors (Lipinski definition) is 4. The van der Waals surface area contributed by atoms with Gasteiger partial charge in [-0.25, -0.2) is 0 Å². The van der Waals surface area contributed by atoms with Crippen molar-refractivity contribution in [2.75, 3.05) is 26.2 Å². The number of amides is 2. The topological polar surface area (TPSA) is 75.7 Å². The number of likely N-dealkylation sites (N-methyl/N-ethyl adjacent to an activating group) is 1. The summed E-state index contributed by atoms with van der Waals surface area (Å²) in [5.74, 6) is -0.950. The molecule has 0 unspecified atom stereocenters. The molecule has 0 radical (unpaired) electrons. The minimum atomic E-state index is -0.467. The van der Waals surface area contributed by atoms with E-state index in [9.17, 15) is 14.4 Å². The van der Waals surface area contributed by atoms with E-state index in [1.165, 1.54) is 0 Å². The minimum absolute atomic E-state index is 0.126. The average Bonchev–Trinajstić information content (AvgIpc) is 2.61. The van der Waals surface area contributed by atoms with E-state index in [2.05, 4.69) is 11.9 Å². The van der Waals surface area contributed by atoms with E-state index in [0.717, 1.165) is 5.57 Å². The molecule has 0 aliphatic rings. The molecule has 0 heterocycles. The number of esters is 1. The third-order valence-corrected chi connectivity index (χ3v) is 3.75. The van der Waals surface area contributed by atoms with Crippen molar-refractivity contribution in [3.8, 4) is 0 Å². The van der Waals surface area contributed by atoms with Crippen LogP contribution >= 0.6 is 11.6 Å². The molecule has 0 aliphatic heterocycles. The smallest absolute Gasteiger partial charge is 0.306 e. The molecular formula is C19H25ClN2O4. The first kappa shape index (κ1) is 21.7. The Balaban J connectivity index is 2.23. The van der Waals surface area contributed by atoms with Crippen molar-refractivity contribution in [1.29, 1.82) is 0 Å². The molecule has 1 aromatic rings. The van der Waals surface area contributed by atoms with Gasteiger partial charge in [0.25, 0.3) is 11.8 Å². The lowest BCUT2D eigenvalue weighted by atomic mass is 10.2. The van der Waals surface area contributed by atoms with E-state index < -0.39 is 5.97 Å². The van der Waals surface area contributed by atoms with Gasteiger partial charge in [0.1, 0.15) is 0 Å². The Hall–Kier alpha value is -2.34. The molecule has 142 valence electrons. The second kappa shape index (κ2) is 11.3. The normalized spacial score (nSPS) is 10.1. The Morgan fingerprint density at radius 1 is 1.23 bits per heavy atom. The SMILES string of the molecule is C=C(C)CN(CC)C(=O)COC(=O)CCCNC(=O)c1ccc(Cl)cc1. The molecule has 1 aromatic carbocycles. The number of nitrogens with one attached hydrogen (secondary N) is 1. The maximum Gasteiger partial charge on any atom is 0.306 e. The van der Waals surface area contributed by atoms with Gasteiger partial charge in [-0.1, -0.05) is 23.8 Å². The summed E-state index contributed by atoms with van der Waals surface area (Å²) in [7, 11) is 0. The first-order chi connectivity index (χ1) is 12.3. The number of hydrogen-bond donors (Lipinski definition) is 1. The summed E-state index contributed by atoms with van der Waals surface area (Å²) >= 11 is 5.77. The highest BCUT2D eigenvalue weighted by Gasteiger charge is 2.14. The van der Waals surface area contributed by atoms with Crippen LogP contribution in [0, 0.1) is 0 Å². The maximum atomic E-state index is 12.0. The predicted molar refractivity (Wildman–Crippen MR) is 101 cm³/mol. The van der Waals surface area contributed by atoms with Crippen LogP contribution < -0.4 is 5.32 Å². The summed E-state index contributed by atoms with van der Waals surface area (Å²) in [5, 5.41) is 3.27. The van der Waals surface area contributed by atoms with E-state index in [1.54, 1.807) is 29.2 Å². The zero-order valence-corrected chi connectivity index (χ0v) is 16.0. The fourth-order valence-electron chi connectivity index (χ4n) is 2.15. The van der Waals surface area contributed by atoms with Crippen molar-refractivity contribution in [1.82, 2.24) is 10.2 Å². The molecule has 0 saturated carbocycles. The van der Waals surface area contributed by atoms with E-state index in [4.69, 9.17) is 16.3 Å². The van der Waals surface area contributed by atoms with Gasteiger partial charge in [0.05, 0.1) is 0 Å². The van der Waals surface area contributed by atoms with Crippen molar-refractivity contribution in [3.63, 3.8) is 0 Å². The van der Waals surface area contributed by atoms with Crippen molar-refractivity contribution < 1.29 is 19.1 Å². The quantitative estimate of drug-likeness (QED) is 0.384. The Kier molecular flexibility index (Phi) is 9.44. The number of ether oxygens (including phenoxy) is 1. The first-order valence-electron chi connectivity index (χ1n) is 8.45. The summed E-state index contributed by atoms with van der Waals surface area (Å²) in [6.45, 7) is 8.48. The molecule has 0 fully saturated rings. The minimum Gasteiger partial charge on any atom is -0.456 e. The van der Waals surface area contributed by atoms with Crippen molar-refractivity contribution in [2.45, 2.75) is 26.7 Å². The third-order valence-electron chi connectivity index (χ3n) is 3.50. The van der Waals surface area contributed by atoms with Gasteiger partial charge in [0, 0.05) is 36.6 Å². The molecule has 6 nitrogen and oxygen atoms in total. The molecule has 0 aromatic heterocycles. The summed E-state index contributed by atoms with van der Waals surface area (Å²) in [4.78, 5) is 37.1. The lowest BCUT2D eigenvalue weighted by Crippen LogP contribution is -2.35. The fraction of sp³-hybridized carbons (Fsp3) is 0.421. The second-order valence-electron chi connectivity index (χ2n) is 5.89. The van der Waals surface area contributed by atoms with Crippen molar-refractivity contribution in [3.05, 3.63) is 47.0 Å². The van der Waals surface area contributed by atoms with E-state index in [0.29, 0.717) is 36.6 Å². The molecule has 1 N–H and O–H groups in total. The van der Waals surface area contributed by atoms with Crippen LogP contribution in [0.4, 0.5) is 0 Å². The van der Waals surface area contributed by atoms with Crippen molar-refractivity contribution in [2.24, 2.45) is 0 Å². The zero-order valence-electron chi connectivity index (χ0n) is 15.2. The molecule has 2 amide bonds. The van der Waals surface area contributed by atoms with E-state index in [-0.39, 0.29) is 24.8 Å². The molecule has 0 atom stereocenters. The van der Waals surface area contributed by atoms with Crippen molar-refractivity contribution >= 4 is 29.4 Å². The molecule has 0 saturated heterocycles. The van der Waals surface area contributed by atoms with Gasteiger partial charge >= 0.3 is 5.97 Å². The molecule has 26 heavy (non-hydrogen) atoms. The highest BCUT2D eigenvalue weighted by molar-refractivity contribution is 6.30. The van der Waals surface area contributed by atoms with E-state index in [1.807, 2.05) is 13.8 Å². The molecule has 7 heteroatoms. The van der Waals surface area contributed by atoms with Gasteiger partial charge in [0.15, 0.2) is 6.61 Å². The van der Waals surface area contributed by atoms with Crippen LogP contribution in [-0.2, 0) is 14.3 Å². The van der Waals surface area contributed by atoms with Crippen LogP contribution in [0.3, 0.4) is 0 Å². The zero-order chi connectivity index (χ0) is 19.5. The number of carbonyl (C=O) groups excluding carboxylic acids is 3. The Morgan fingerprint density at radius 2 is 1.88 bits per heavy atom. The number of halogens is 1. The summed E-state index contributed by atoms with van der Waals surface area (Å²) in [5.41, 5.74) is 1.36. The number of benzene rings is 1. The molecular weight excluding hydrogens is 356 g/mol. The van der Waals surface area contributed by atoms with Gasteiger partial charge in [-0.15, -0.1) is 0 Å².